The smallest absolute Gasteiger partial charge is 0.266 e. The van der Waals surface area contributed by atoms with Crippen LogP contribution in [0.15, 0.2) is 82.7 Å². The van der Waals surface area contributed by atoms with Crippen LogP contribution >= 0.6 is 11.8 Å². The third-order valence-corrected chi connectivity index (χ3v) is 6.04. The number of benzene rings is 3. The Morgan fingerprint density at radius 1 is 1.00 bits per heavy atom. The van der Waals surface area contributed by atoms with Gasteiger partial charge in [-0.1, -0.05) is 61.2 Å². The standard InChI is InChI=1S/C25H23N3O2S/c1-3-18-12-14-19(15-13-18)28-24(30)20-9-5-7-11-22(20)27-25(28)31-16-23(29)26-21-10-6-4-8-17(21)2/h4-15H,3,16H2,1-2H3,(H,26,29). The lowest BCUT2D eigenvalue weighted by Crippen LogP contribution is -2.23. The Kier molecular flexibility index (Phi) is 6.18. The molecule has 0 saturated carbocycles. The molecular weight excluding hydrogens is 406 g/mol. The SMILES string of the molecule is CCc1ccc(-n2c(SCC(=O)Nc3ccccc3C)nc3ccccc3c2=O)cc1. The van der Waals surface area contributed by atoms with Gasteiger partial charge in [0.2, 0.25) is 5.91 Å². The van der Waals surface area contributed by atoms with Gasteiger partial charge in [0.1, 0.15) is 0 Å². The molecule has 0 saturated heterocycles. The number of amides is 1. The Bertz CT molecular complexity index is 1300. The molecule has 0 radical (unpaired) electrons. The van der Waals surface area contributed by atoms with E-state index in [4.69, 9.17) is 4.98 Å². The quantitative estimate of drug-likeness (QED) is 0.347. The lowest BCUT2D eigenvalue weighted by molar-refractivity contribution is -0.113. The van der Waals surface area contributed by atoms with E-state index >= 15 is 0 Å². The highest BCUT2D eigenvalue weighted by atomic mass is 32.2. The van der Waals surface area contributed by atoms with E-state index < -0.39 is 0 Å². The molecule has 0 atom stereocenters. The molecule has 0 bridgehead atoms. The van der Waals surface area contributed by atoms with Crippen molar-refractivity contribution < 1.29 is 4.79 Å². The predicted molar refractivity (Wildman–Crippen MR) is 127 cm³/mol. The highest BCUT2D eigenvalue weighted by Gasteiger charge is 2.15. The minimum absolute atomic E-state index is 0.142. The van der Waals surface area contributed by atoms with Gasteiger partial charge >= 0.3 is 0 Å². The maximum atomic E-state index is 13.3. The van der Waals surface area contributed by atoms with Crippen molar-refractivity contribution in [3.8, 4) is 5.69 Å². The highest BCUT2D eigenvalue weighted by molar-refractivity contribution is 7.99. The summed E-state index contributed by atoms with van der Waals surface area (Å²) in [4.78, 5) is 30.6. The molecule has 6 heteroatoms. The fraction of sp³-hybridized carbons (Fsp3) is 0.160. The second-order valence-electron chi connectivity index (χ2n) is 7.22. The topological polar surface area (TPSA) is 64.0 Å². The van der Waals surface area contributed by atoms with E-state index in [9.17, 15) is 9.59 Å². The van der Waals surface area contributed by atoms with Gasteiger partial charge in [-0.25, -0.2) is 4.98 Å². The molecule has 0 spiro atoms. The normalized spacial score (nSPS) is 10.9. The van der Waals surface area contributed by atoms with Crippen LogP contribution in [-0.2, 0) is 11.2 Å². The maximum absolute atomic E-state index is 13.3. The van der Waals surface area contributed by atoms with Gasteiger partial charge in [-0.05, 0) is 54.8 Å². The first-order chi connectivity index (χ1) is 15.1. The number of para-hydroxylation sites is 2. The van der Waals surface area contributed by atoms with Crippen molar-refractivity contribution in [2.45, 2.75) is 25.4 Å². The Labute approximate surface area is 185 Å². The molecule has 4 rings (SSSR count). The number of nitrogens with one attached hydrogen (secondary N) is 1. The first kappa shape index (κ1) is 20.9. The van der Waals surface area contributed by atoms with E-state index in [1.165, 1.54) is 17.3 Å². The minimum atomic E-state index is -0.144. The molecule has 31 heavy (non-hydrogen) atoms. The molecule has 156 valence electrons. The average molecular weight is 430 g/mol. The minimum Gasteiger partial charge on any atom is -0.325 e. The van der Waals surface area contributed by atoms with Gasteiger partial charge in [-0.3, -0.25) is 14.2 Å². The summed E-state index contributed by atoms with van der Waals surface area (Å²) in [5.41, 5.74) is 4.19. The first-order valence-corrected chi connectivity index (χ1v) is 11.1. The molecule has 1 amide bonds. The van der Waals surface area contributed by atoms with Gasteiger partial charge in [0.25, 0.3) is 5.56 Å². The number of hydrogen-bond donors (Lipinski definition) is 1. The molecule has 0 aliphatic carbocycles. The molecule has 1 N–H and O–H groups in total. The summed E-state index contributed by atoms with van der Waals surface area (Å²) in [6.07, 6.45) is 0.922. The third-order valence-electron chi connectivity index (χ3n) is 5.10. The molecule has 0 fully saturated rings. The summed E-state index contributed by atoms with van der Waals surface area (Å²) in [6.45, 7) is 4.04. The lowest BCUT2D eigenvalue weighted by atomic mass is 10.1. The molecule has 1 aromatic heterocycles. The van der Waals surface area contributed by atoms with E-state index in [1.54, 1.807) is 10.6 Å². The molecule has 0 unspecified atom stereocenters. The first-order valence-electron chi connectivity index (χ1n) is 10.2. The summed E-state index contributed by atoms with van der Waals surface area (Å²) >= 11 is 1.25. The number of anilines is 1. The second kappa shape index (κ2) is 9.18. The van der Waals surface area contributed by atoms with E-state index in [2.05, 4.69) is 12.2 Å². The zero-order chi connectivity index (χ0) is 21.8. The van der Waals surface area contributed by atoms with Crippen molar-refractivity contribution in [2.75, 3.05) is 11.1 Å². The molecule has 4 aromatic rings. The number of carbonyl (C=O) groups excluding carboxylic acids is 1. The summed E-state index contributed by atoms with van der Waals surface area (Å²) < 4.78 is 1.59. The van der Waals surface area contributed by atoms with Crippen molar-refractivity contribution in [1.29, 1.82) is 0 Å². The van der Waals surface area contributed by atoms with Crippen LogP contribution in [0.2, 0.25) is 0 Å². The summed E-state index contributed by atoms with van der Waals surface area (Å²) in [5.74, 6) is 0.00110. The molecule has 1 heterocycles. The van der Waals surface area contributed by atoms with Gasteiger partial charge in [0.05, 0.1) is 22.3 Å². The highest BCUT2D eigenvalue weighted by Crippen LogP contribution is 2.22. The maximum Gasteiger partial charge on any atom is 0.266 e. The number of fused-ring (bicyclic) bond motifs is 1. The summed E-state index contributed by atoms with van der Waals surface area (Å²) in [6, 6.07) is 22.8. The molecule has 0 aliphatic heterocycles. The summed E-state index contributed by atoms with van der Waals surface area (Å²) in [7, 11) is 0. The van der Waals surface area contributed by atoms with Crippen LogP contribution in [-0.4, -0.2) is 21.2 Å². The number of carbonyl (C=O) groups is 1. The average Bonchev–Trinajstić information content (AvgIpc) is 2.79. The van der Waals surface area contributed by atoms with Crippen LogP contribution in [0.1, 0.15) is 18.1 Å². The molecular formula is C25H23N3O2S. The van der Waals surface area contributed by atoms with Crippen molar-refractivity contribution in [3.05, 3.63) is 94.3 Å². The van der Waals surface area contributed by atoms with Crippen LogP contribution in [0.3, 0.4) is 0 Å². The number of nitrogens with zero attached hydrogens (tertiary/aromatic N) is 2. The fourth-order valence-electron chi connectivity index (χ4n) is 3.35. The van der Waals surface area contributed by atoms with Gasteiger partial charge in [-0.2, -0.15) is 0 Å². The second-order valence-corrected chi connectivity index (χ2v) is 8.17. The zero-order valence-corrected chi connectivity index (χ0v) is 18.3. The van der Waals surface area contributed by atoms with Crippen molar-refractivity contribution in [2.24, 2.45) is 0 Å². The number of rotatable bonds is 6. The van der Waals surface area contributed by atoms with Crippen molar-refractivity contribution in [3.63, 3.8) is 0 Å². The monoisotopic (exact) mass is 429 g/mol. The number of hydrogen-bond acceptors (Lipinski definition) is 4. The Balaban J connectivity index is 1.68. The Morgan fingerprint density at radius 2 is 1.71 bits per heavy atom. The van der Waals surface area contributed by atoms with Gasteiger partial charge in [0, 0.05) is 5.69 Å². The predicted octanol–water partition coefficient (Wildman–Crippen LogP) is 4.99. The fourth-order valence-corrected chi connectivity index (χ4v) is 4.16. The largest absolute Gasteiger partial charge is 0.325 e. The van der Waals surface area contributed by atoms with Crippen LogP contribution in [0.5, 0.6) is 0 Å². The van der Waals surface area contributed by atoms with E-state index in [1.807, 2.05) is 73.7 Å². The Morgan fingerprint density at radius 3 is 2.45 bits per heavy atom. The van der Waals surface area contributed by atoms with Crippen LogP contribution in [0.4, 0.5) is 5.69 Å². The lowest BCUT2D eigenvalue weighted by Gasteiger charge is -2.14. The van der Waals surface area contributed by atoms with E-state index in [0.717, 1.165) is 23.4 Å². The van der Waals surface area contributed by atoms with E-state index in [-0.39, 0.29) is 17.2 Å². The molecule has 0 aliphatic rings. The number of thioether (sulfide) groups is 1. The molecule has 3 aromatic carbocycles. The van der Waals surface area contributed by atoms with Crippen molar-refractivity contribution >= 4 is 34.3 Å². The Hall–Kier alpha value is -3.38. The van der Waals surface area contributed by atoms with Crippen LogP contribution < -0.4 is 10.9 Å². The van der Waals surface area contributed by atoms with Gasteiger partial charge in [-0.15, -0.1) is 0 Å². The number of aryl methyl sites for hydroxylation is 2. The third kappa shape index (κ3) is 4.54. The van der Waals surface area contributed by atoms with E-state index in [0.29, 0.717) is 16.1 Å². The zero-order valence-electron chi connectivity index (χ0n) is 17.5. The van der Waals surface area contributed by atoms with Gasteiger partial charge < -0.3 is 5.32 Å². The van der Waals surface area contributed by atoms with Crippen LogP contribution in [0.25, 0.3) is 16.6 Å². The summed E-state index contributed by atoms with van der Waals surface area (Å²) in [5, 5.41) is 3.98. The number of aromatic nitrogens is 2. The van der Waals surface area contributed by atoms with Crippen LogP contribution in [0, 0.1) is 6.92 Å². The van der Waals surface area contributed by atoms with Crippen molar-refractivity contribution in [1.82, 2.24) is 9.55 Å². The molecule has 5 nitrogen and oxygen atoms in total. The van der Waals surface area contributed by atoms with Gasteiger partial charge in [0.15, 0.2) is 5.16 Å².